The van der Waals surface area contributed by atoms with Crippen LogP contribution in [0.3, 0.4) is 0 Å². The molecule has 0 aromatic carbocycles. The second-order valence-corrected chi connectivity index (χ2v) is 6.76. The third kappa shape index (κ3) is 2.23. The van der Waals surface area contributed by atoms with Crippen molar-refractivity contribution in [3.63, 3.8) is 0 Å². The van der Waals surface area contributed by atoms with Gasteiger partial charge in [-0.15, -0.1) is 0 Å². The van der Waals surface area contributed by atoms with Crippen molar-refractivity contribution >= 4 is 0 Å². The molecule has 0 amide bonds. The molecule has 4 nitrogen and oxygen atoms in total. The van der Waals surface area contributed by atoms with Crippen molar-refractivity contribution < 1.29 is 4.74 Å². The minimum Gasteiger partial charge on any atom is -0.376 e. The molecule has 0 spiro atoms. The first-order valence-electron chi connectivity index (χ1n) is 7.94. The number of hydrogen-bond donors (Lipinski definition) is 1. The fraction of sp³-hybridized carbons (Fsp3) is 1.00. The standard InChI is InChI=1S/C15H29N3O/c1-12-15(11-16,6-9-19-12)18-8-5-14-13(10-18)4-3-7-17(14)2/h12-14H,3-11,16H2,1-2H3. The van der Waals surface area contributed by atoms with Crippen molar-refractivity contribution in [2.45, 2.75) is 50.3 Å². The molecule has 0 aromatic rings. The maximum atomic E-state index is 6.15. The lowest BCUT2D eigenvalue weighted by atomic mass is 9.80. The van der Waals surface area contributed by atoms with Crippen LogP contribution in [0.5, 0.6) is 0 Å². The summed E-state index contributed by atoms with van der Waals surface area (Å²) >= 11 is 0. The quantitative estimate of drug-likeness (QED) is 0.807. The summed E-state index contributed by atoms with van der Waals surface area (Å²) in [7, 11) is 2.30. The molecule has 3 rings (SSSR count). The van der Waals surface area contributed by atoms with Crippen molar-refractivity contribution in [3.05, 3.63) is 0 Å². The number of nitrogens with two attached hydrogens (primary N) is 1. The van der Waals surface area contributed by atoms with Crippen molar-refractivity contribution in [1.29, 1.82) is 0 Å². The molecule has 3 fully saturated rings. The number of rotatable bonds is 2. The van der Waals surface area contributed by atoms with Crippen molar-refractivity contribution in [3.8, 4) is 0 Å². The van der Waals surface area contributed by atoms with Crippen LogP contribution >= 0.6 is 0 Å². The van der Waals surface area contributed by atoms with Crippen LogP contribution in [-0.2, 0) is 4.74 Å². The van der Waals surface area contributed by atoms with E-state index in [9.17, 15) is 0 Å². The van der Waals surface area contributed by atoms with Crippen LogP contribution in [0.15, 0.2) is 0 Å². The summed E-state index contributed by atoms with van der Waals surface area (Å²) < 4.78 is 5.84. The molecule has 4 heteroatoms. The van der Waals surface area contributed by atoms with Gasteiger partial charge in [0.25, 0.3) is 0 Å². The van der Waals surface area contributed by atoms with Gasteiger partial charge in [0.15, 0.2) is 0 Å². The Bertz CT molecular complexity index is 325. The maximum Gasteiger partial charge on any atom is 0.0743 e. The zero-order chi connectivity index (χ0) is 13.5. The van der Waals surface area contributed by atoms with Gasteiger partial charge in [0.2, 0.25) is 0 Å². The van der Waals surface area contributed by atoms with Gasteiger partial charge in [0.05, 0.1) is 11.6 Å². The average molecular weight is 267 g/mol. The summed E-state index contributed by atoms with van der Waals surface area (Å²) in [6.45, 7) is 7.52. The molecule has 0 aliphatic carbocycles. The molecule has 110 valence electrons. The Morgan fingerprint density at radius 1 is 1.32 bits per heavy atom. The molecule has 0 aromatic heterocycles. The van der Waals surface area contributed by atoms with Crippen molar-refractivity contribution in [2.24, 2.45) is 11.7 Å². The first kappa shape index (κ1) is 13.8. The molecule has 3 heterocycles. The van der Waals surface area contributed by atoms with E-state index in [4.69, 9.17) is 10.5 Å². The minimum atomic E-state index is 0.112. The van der Waals surface area contributed by atoms with E-state index in [-0.39, 0.29) is 11.6 Å². The molecule has 0 saturated carbocycles. The molecule has 3 aliphatic heterocycles. The van der Waals surface area contributed by atoms with E-state index >= 15 is 0 Å². The lowest BCUT2D eigenvalue weighted by molar-refractivity contribution is -0.0410. The Balaban J connectivity index is 1.73. The molecular weight excluding hydrogens is 238 g/mol. The first-order chi connectivity index (χ1) is 9.17. The molecule has 4 atom stereocenters. The van der Waals surface area contributed by atoms with Crippen LogP contribution in [-0.4, -0.2) is 67.3 Å². The Hall–Kier alpha value is -0.160. The fourth-order valence-corrected chi connectivity index (χ4v) is 4.64. The SMILES string of the molecule is CC1OCCC1(CN)N1CCC2C(CCCN2C)C1. The fourth-order valence-electron chi connectivity index (χ4n) is 4.64. The smallest absolute Gasteiger partial charge is 0.0743 e. The Morgan fingerprint density at radius 3 is 2.84 bits per heavy atom. The predicted octanol–water partition coefficient (Wildman–Crippen LogP) is 0.909. The second-order valence-electron chi connectivity index (χ2n) is 6.76. The van der Waals surface area contributed by atoms with Gasteiger partial charge in [-0.05, 0) is 52.1 Å². The van der Waals surface area contributed by atoms with Gasteiger partial charge < -0.3 is 15.4 Å². The largest absolute Gasteiger partial charge is 0.376 e. The molecule has 2 N–H and O–H groups in total. The first-order valence-corrected chi connectivity index (χ1v) is 7.94. The van der Waals surface area contributed by atoms with Crippen LogP contribution in [0.2, 0.25) is 0 Å². The Labute approximate surface area is 117 Å². The molecule has 3 saturated heterocycles. The highest BCUT2D eigenvalue weighted by molar-refractivity contribution is 5.04. The normalized spacial score (nSPS) is 45.3. The van der Waals surface area contributed by atoms with Crippen LogP contribution in [0.25, 0.3) is 0 Å². The topological polar surface area (TPSA) is 41.7 Å². The summed E-state index contributed by atoms with van der Waals surface area (Å²) in [4.78, 5) is 5.25. The van der Waals surface area contributed by atoms with Gasteiger partial charge in [0.1, 0.15) is 0 Å². The summed E-state index contributed by atoms with van der Waals surface area (Å²) in [5.41, 5.74) is 6.27. The summed E-state index contributed by atoms with van der Waals surface area (Å²) in [6.07, 6.45) is 5.44. The highest BCUT2D eigenvalue weighted by Gasteiger charge is 2.48. The van der Waals surface area contributed by atoms with Crippen molar-refractivity contribution in [2.75, 3.05) is 39.8 Å². The van der Waals surface area contributed by atoms with Gasteiger partial charge >= 0.3 is 0 Å². The van der Waals surface area contributed by atoms with E-state index in [1.54, 1.807) is 0 Å². The molecule has 3 aliphatic rings. The summed E-state index contributed by atoms with van der Waals surface area (Å²) in [6, 6.07) is 0.803. The number of ether oxygens (including phenoxy) is 1. The molecule has 4 unspecified atom stereocenters. The zero-order valence-electron chi connectivity index (χ0n) is 12.5. The van der Waals surface area contributed by atoms with Crippen LogP contribution < -0.4 is 5.73 Å². The van der Waals surface area contributed by atoms with Crippen LogP contribution in [0.1, 0.15) is 32.6 Å². The highest BCUT2D eigenvalue weighted by atomic mass is 16.5. The van der Waals surface area contributed by atoms with Crippen LogP contribution in [0, 0.1) is 5.92 Å². The summed E-state index contributed by atoms with van der Waals surface area (Å²) in [5.74, 6) is 0.837. The highest BCUT2D eigenvalue weighted by Crippen LogP contribution is 2.37. The third-order valence-electron chi connectivity index (χ3n) is 5.99. The van der Waals surface area contributed by atoms with E-state index in [1.165, 1.54) is 38.9 Å². The molecular formula is C15H29N3O. The molecule has 19 heavy (non-hydrogen) atoms. The third-order valence-corrected chi connectivity index (χ3v) is 5.99. The lowest BCUT2D eigenvalue weighted by Gasteiger charge is -2.52. The van der Waals surface area contributed by atoms with Gasteiger partial charge in [-0.3, -0.25) is 4.90 Å². The Kier molecular flexibility index (Phi) is 3.87. The number of likely N-dealkylation sites (tertiary alicyclic amines) is 2. The zero-order valence-corrected chi connectivity index (χ0v) is 12.5. The van der Waals surface area contributed by atoms with E-state index in [1.807, 2.05) is 0 Å². The van der Waals surface area contributed by atoms with Gasteiger partial charge in [-0.2, -0.15) is 0 Å². The number of fused-ring (bicyclic) bond motifs is 1. The molecule has 0 radical (unpaired) electrons. The maximum absolute atomic E-state index is 6.15. The average Bonchev–Trinajstić information content (AvgIpc) is 2.81. The van der Waals surface area contributed by atoms with Gasteiger partial charge in [0, 0.05) is 32.3 Å². The predicted molar refractivity (Wildman–Crippen MR) is 77.1 cm³/mol. The molecule has 0 bridgehead atoms. The van der Waals surface area contributed by atoms with E-state index in [2.05, 4.69) is 23.8 Å². The minimum absolute atomic E-state index is 0.112. The van der Waals surface area contributed by atoms with E-state index < -0.39 is 0 Å². The monoisotopic (exact) mass is 267 g/mol. The number of piperidine rings is 2. The number of hydrogen-bond acceptors (Lipinski definition) is 4. The van der Waals surface area contributed by atoms with Crippen LogP contribution in [0.4, 0.5) is 0 Å². The van der Waals surface area contributed by atoms with Gasteiger partial charge in [-0.1, -0.05) is 0 Å². The lowest BCUT2D eigenvalue weighted by Crippen LogP contribution is -2.64. The summed E-state index contributed by atoms with van der Waals surface area (Å²) in [5, 5.41) is 0. The second kappa shape index (κ2) is 5.32. The van der Waals surface area contributed by atoms with Gasteiger partial charge in [-0.25, -0.2) is 0 Å². The van der Waals surface area contributed by atoms with E-state index in [0.29, 0.717) is 0 Å². The van der Waals surface area contributed by atoms with E-state index in [0.717, 1.165) is 31.5 Å². The van der Waals surface area contributed by atoms with Crippen molar-refractivity contribution in [1.82, 2.24) is 9.80 Å². The Morgan fingerprint density at radius 2 is 2.16 bits per heavy atom. The number of nitrogens with zero attached hydrogens (tertiary/aromatic N) is 2.